The molecule has 3 aromatic rings. The number of aromatic amines is 1. The number of thioether (sulfide) groups is 1. The average Bonchev–Trinajstić information content (AvgIpc) is 3.09. The zero-order chi connectivity index (χ0) is 19.2. The molecule has 0 fully saturated rings. The van der Waals surface area contributed by atoms with Crippen molar-refractivity contribution in [3.63, 3.8) is 0 Å². The molecule has 1 atom stereocenters. The summed E-state index contributed by atoms with van der Waals surface area (Å²) in [6.45, 7) is 4.05. The monoisotopic (exact) mass is 383 g/mol. The Morgan fingerprint density at radius 2 is 1.89 bits per heavy atom. The molecule has 1 heterocycles. The van der Waals surface area contributed by atoms with Gasteiger partial charge in [-0.15, -0.1) is 0 Å². The maximum absolute atomic E-state index is 12.6. The molecule has 27 heavy (non-hydrogen) atoms. The van der Waals surface area contributed by atoms with Crippen LogP contribution in [0.4, 0.5) is 5.69 Å². The van der Waals surface area contributed by atoms with Gasteiger partial charge in [0, 0.05) is 5.69 Å². The van der Waals surface area contributed by atoms with Gasteiger partial charge in [-0.2, -0.15) is 0 Å². The van der Waals surface area contributed by atoms with Crippen molar-refractivity contribution in [2.75, 3.05) is 11.9 Å². The Balaban J connectivity index is 1.65. The van der Waals surface area contributed by atoms with Gasteiger partial charge in [-0.1, -0.05) is 30.8 Å². The minimum Gasteiger partial charge on any atom is -0.462 e. The number of nitrogens with zero attached hydrogens (tertiary/aromatic N) is 1. The van der Waals surface area contributed by atoms with Gasteiger partial charge in [-0.25, -0.2) is 9.78 Å². The van der Waals surface area contributed by atoms with E-state index in [-0.39, 0.29) is 17.1 Å². The molecule has 0 radical (unpaired) electrons. The largest absolute Gasteiger partial charge is 0.462 e. The molecular formula is C20H21N3O3S. The van der Waals surface area contributed by atoms with Gasteiger partial charge in [-0.3, -0.25) is 4.79 Å². The highest BCUT2D eigenvalue weighted by atomic mass is 32.2. The maximum atomic E-state index is 12.6. The third kappa shape index (κ3) is 4.68. The van der Waals surface area contributed by atoms with Crippen LogP contribution in [0.5, 0.6) is 0 Å². The number of carbonyl (C=O) groups is 2. The van der Waals surface area contributed by atoms with Crippen molar-refractivity contribution in [2.24, 2.45) is 0 Å². The second kappa shape index (κ2) is 8.73. The molecule has 6 nitrogen and oxygen atoms in total. The molecule has 0 saturated heterocycles. The van der Waals surface area contributed by atoms with Gasteiger partial charge < -0.3 is 15.0 Å². The highest BCUT2D eigenvalue weighted by Gasteiger charge is 2.20. The van der Waals surface area contributed by atoms with E-state index >= 15 is 0 Å². The lowest BCUT2D eigenvalue weighted by atomic mass is 10.2. The normalized spacial score (nSPS) is 11.9. The van der Waals surface area contributed by atoms with E-state index in [4.69, 9.17) is 4.74 Å². The van der Waals surface area contributed by atoms with Crippen LogP contribution in [0.25, 0.3) is 11.0 Å². The Hall–Kier alpha value is -2.80. The lowest BCUT2D eigenvalue weighted by Crippen LogP contribution is -2.24. The Kier molecular flexibility index (Phi) is 6.13. The number of hydrogen-bond acceptors (Lipinski definition) is 5. The van der Waals surface area contributed by atoms with E-state index in [1.54, 1.807) is 31.2 Å². The fourth-order valence-corrected chi connectivity index (χ4v) is 3.49. The maximum Gasteiger partial charge on any atom is 0.338 e. The van der Waals surface area contributed by atoms with Crippen LogP contribution in [0.2, 0.25) is 0 Å². The SMILES string of the molecule is CCOC(=O)c1ccc(NC(=O)C(CC)Sc2nc3ccccc3[nH]2)cc1. The summed E-state index contributed by atoms with van der Waals surface area (Å²) >= 11 is 1.40. The number of hydrogen-bond donors (Lipinski definition) is 2. The van der Waals surface area contributed by atoms with E-state index in [9.17, 15) is 9.59 Å². The van der Waals surface area contributed by atoms with E-state index in [0.717, 1.165) is 16.2 Å². The van der Waals surface area contributed by atoms with Crippen LogP contribution in [-0.2, 0) is 9.53 Å². The zero-order valence-electron chi connectivity index (χ0n) is 15.2. The number of aromatic nitrogens is 2. The van der Waals surface area contributed by atoms with Crippen LogP contribution in [0.15, 0.2) is 53.7 Å². The summed E-state index contributed by atoms with van der Waals surface area (Å²) in [6, 6.07) is 14.4. The van der Waals surface area contributed by atoms with Gasteiger partial charge >= 0.3 is 5.97 Å². The summed E-state index contributed by atoms with van der Waals surface area (Å²) in [5, 5.41) is 3.33. The van der Waals surface area contributed by atoms with E-state index in [1.807, 2.05) is 31.2 Å². The number of esters is 1. The number of anilines is 1. The third-order valence-corrected chi connectivity index (χ3v) is 5.20. The summed E-state index contributed by atoms with van der Waals surface area (Å²) in [5.74, 6) is -0.478. The first-order valence-electron chi connectivity index (χ1n) is 8.80. The Morgan fingerprint density at radius 3 is 2.56 bits per heavy atom. The first-order valence-corrected chi connectivity index (χ1v) is 9.68. The van der Waals surface area contributed by atoms with Crippen molar-refractivity contribution < 1.29 is 14.3 Å². The number of amides is 1. The number of carbonyl (C=O) groups excluding carboxylic acids is 2. The molecule has 1 amide bonds. The topological polar surface area (TPSA) is 84.1 Å². The summed E-state index contributed by atoms with van der Waals surface area (Å²) in [5.41, 5.74) is 2.92. The Labute approximate surface area is 161 Å². The van der Waals surface area contributed by atoms with E-state index in [1.165, 1.54) is 11.8 Å². The highest BCUT2D eigenvalue weighted by molar-refractivity contribution is 8.00. The number of nitrogens with one attached hydrogen (secondary N) is 2. The van der Waals surface area contributed by atoms with Gasteiger partial charge in [0.2, 0.25) is 5.91 Å². The lowest BCUT2D eigenvalue weighted by molar-refractivity contribution is -0.115. The number of H-pyrrole nitrogens is 1. The molecule has 1 unspecified atom stereocenters. The van der Waals surface area contributed by atoms with Crippen LogP contribution in [0.3, 0.4) is 0 Å². The van der Waals surface area contributed by atoms with Crippen LogP contribution in [-0.4, -0.2) is 33.7 Å². The molecule has 0 bridgehead atoms. The van der Waals surface area contributed by atoms with Gasteiger partial charge in [-0.05, 0) is 49.7 Å². The van der Waals surface area contributed by atoms with Crippen LogP contribution < -0.4 is 5.32 Å². The van der Waals surface area contributed by atoms with Gasteiger partial charge in [0.1, 0.15) is 0 Å². The summed E-state index contributed by atoms with van der Waals surface area (Å²) in [4.78, 5) is 32.1. The second-order valence-corrected chi connectivity index (χ2v) is 7.05. The quantitative estimate of drug-likeness (QED) is 0.471. The van der Waals surface area contributed by atoms with Crippen molar-refractivity contribution in [1.82, 2.24) is 9.97 Å². The standard InChI is InChI=1S/C20H21N3O3S/c1-3-17(27-20-22-15-7-5-6-8-16(15)23-20)18(24)21-14-11-9-13(10-12-14)19(25)26-4-2/h5-12,17H,3-4H2,1-2H3,(H,21,24)(H,22,23). The molecule has 1 aromatic heterocycles. The van der Waals surface area contributed by atoms with Crippen LogP contribution in [0.1, 0.15) is 30.6 Å². The summed E-state index contributed by atoms with van der Waals surface area (Å²) < 4.78 is 4.96. The summed E-state index contributed by atoms with van der Waals surface area (Å²) in [7, 11) is 0. The van der Waals surface area contributed by atoms with Crippen molar-refractivity contribution in [2.45, 2.75) is 30.7 Å². The molecule has 2 aromatic carbocycles. The van der Waals surface area contributed by atoms with Crippen molar-refractivity contribution >= 4 is 40.4 Å². The van der Waals surface area contributed by atoms with E-state index in [0.29, 0.717) is 24.3 Å². The van der Waals surface area contributed by atoms with Gasteiger partial charge in [0.25, 0.3) is 0 Å². The minimum atomic E-state index is -0.373. The number of para-hydroxylation sites is 2. The molecule has 0 aliphatic heterocycles. The average molecular weight is 383 g/mol. The first-order chi connectivity index (χ1) is 13.1. The zero-order valence-corrected chi connectivity index (χ0v) is 16.0. The molecule has 0 aliphatic carbocycles. The van der Waals surface area contributed by atoms with Crippen LogP contribution >= 0.6 is 11.8 Å². The molecule has 7 heteroatoms. The van der Waals surface area contributed by atoms with Crippen molar-refractivity contribution in [3.05, 3.63) is 54.1 Å². The fraction of sp³-hybridized carbons (Fsp3) is 0.250. The smallest absolute Gasteiger partial charge is 0.338 e. The fourth-order valence-electron chi connectivity index (χ4n) is 2.57. The lowest BCUT2D eigenvalue weighted by Gasteiger charge is -2.13. The molecular weight excluding hydrogens is 362 g/mol. The number of rotatable bonds is 7. The molecule has 0 saturated carbocycles. The molecule has 2 N–H and O–H groups in total. The Bertz CT molecular complexity index is 904. The second-order valence-electron chi connectivity index (χ2n) is 5.86. The number of benzene rings is 2. The number of ether oxygens (including phenoxy) is 1. The molecule has 0 spiro atoms. The Morgan fingerprint density at radius 1 is 1.15 bits per heavy atom. The summed E-state index contributed by atoms with van der Waals surface area (Å²) in [6.07, 6.45) is 0.661. The predicted octanol–water partition coefficient (Wildman–Crippen LogP) is 4.25. The third-order valence-electron chi connectivity index (χ3n) is 3.95. The minimum absolute atomic E-state index is 0.105. The van der Waals surface area contributed by atoms with Gasteiger partial charge in [0.05, 0.1) is 28.5 Å². The highest BCUT2D eigenvalue weighted by Crippen LogP contribution is 2.26. The molecule has 140 valence electrons. The van der Waals surface area contributed by atoms with Gasteiger partial charge in [0.15, 0.2) is 5.16 Å². The van der Waals surface area contributed by atoms with Crippen molar-refractivity contribution in [1.29, 1.82) is 0 Å². The van der Waals surface area contributed by atoms with Crippen LogP contribution in [0, 0.1) is 0 Å². The van der Waals surface area contributed by atoms with E-state index < -0.39 is 0 Å². The number of imidazole rings is 1. The van der Waals surface area contributed by atoms with Crippen molar-refractivity contribution in [3.8, 4) is 0 Å². The molecule has 0 aliphatic rings. The number of fused-ring (bicyclic) bond motifs is 1. The first kappa shape index (κ1) is 19.0. The predicted molar refractivity (Wildman–Crippen MR) is 107 cm³/mol. The molecule has 3 rings (SSSR count). The van der Waals surface area contributed by atoms with E-state index in [2.05, 4.69) is 15.3 Å².